The van der Waals surface area contributed by atoms with Crippen LogP contribution in [0.15, 0.2) is 30.3 Å². The summed E-state index contributed by atoms with van der Waals surface area (Å²) in [6, 6.07) is 10.7. The van der Waals surface area contributed by atoms with Gasteiger partial charge < -0.3 is 9.84 Å². The second kappa shape index (κ2) is 8.15. The molecule has 4 aliphatic carbocycles. The summed E-state index contributed by atoms with van der Waals surface area (Å²) >= 11 is 0. The zero-order valence-electron chi connectivity index (χ0n) is 20.3. The number of rotatable bonds is 4. The summed E-state index contributed by atoms with van der Waals surface area (Å²) in [5, 5.41) is 12.0. The van der Waals surface area contributed by atoms with Gasteiger partial charge in [0.25, 0.3) is 0 Å². The van der Waals surface area contributed by atoms with Crippen molar-refractivity contribution in [3.8, 4) is 0 Å². The Kier molecular flexibility index (Phi) is 5.72. The highest BCUT2D eigenvalue weighted by Crippen LogP contribution is 2.68. The maximum Gasteiger partial charge on any atom is 0.302 e. The van der Waals surface area contributed by atoms with Gasteiger partial charge in [-0.1, -0.05) is 44.2 Å². The fraction of sp³-hybridized carbons (Fsp3) is 0.759. The van der Waals surface area contributed by atoms with Crippen LogP contribution in [0, 0.1) is 34.5 Å². The zero-order chi connectivity index (χ0) is 22.6. The molecule has 176 valence electrons. The monoisotopic (exact) mass is 438 g/mol. The first-order valence-electron chi connectivity index (χ1n) is 13.2. The van der Waals surface area contributed by atoms with Crippen LogP contribution in [0.4, 0.5) is 0 Å². The summed E-state index contributed by atoms with van der Waals surface area (Å²) < 4.78 is 5.63. The lowest BCUT2D eigenvalue weighted by atomic mass is 9.44. The smallest absolute Gasteiger partial charge is 0.302 e. The molecule has 0 heterocycles. The summed E-state index contributed by atoms with van der Waals surface area (Å²) in [6.07, 6.45) is 12.4. The van der Waals surface area contributed by atoms with Gasteiger partial charge in [0.15, 0.2) is 0 Å². The van der Waals surface area contributed by atoms with Crippen LogP contribution in [-0.4, -0.2) is 22.8 Å². The van der Waals surface area contributed by atoms with E-state index in [0.717, 1.165) is 43.9 Å². The van der Waals surface area contributed by atoms with Crippen molar-refractivity contribution >= 4 is 5.97 Å². The third-order valence-electron chi connectivity index (χ3n) is 10.9. The Labute approximate surface area is 194 Å². The Morgan fingerprint density at radius 3 is 2.50 bits per heavy atom. The van der Waals surface area contributed by atoms with Crippen LogP contribution >= 0.6 is 0 Å². The van der Waals surface area contributed by atoms with E-state index in [2.05, 4.69) is 44.2 Å². The highest BCUT2D eigenvalue weighted by molar-refractivity contribution is 5.66. The number of hydrogen-bond donors (Lipinski definition) is 1. The van der Waals surface area contributed by atoms with Gasteiger partial charge in [0, 0.05) is 6.92 Å². The minimum absolute atomic E-state index is 0.0566. The van der Waals surface area contributed by atoms with Crippen molar-refractivity contribution in [2.75, 3.05) is 0 Å². The fourth-order valence-electron chi connectivity index (χ4n) is 9.08. The summed E-state index contributed by atoms with van der Waals surface area (Å²) in [6.45, 7) is 6.53. The predicted molar refractivity (Wildman–Crippen MR) is 127 cm³/mol. The number of aryl methyl sites for hydroxylation is 1. The van der Waals surface area contributed by atoms with E-state index in [9.17, 15) is 9.90 Å². The molecule has 5 rings (SSSR count). The van der Waals surface area contributed by atoms with Crippen molar-refractivity contribution < 1.29 is 14.6 Å². The van der Waals surface area contributed by atoms with E-state index in [1.165, 1.54) is 44.1 Å². The lowest BCUT2D eigenvalue weighted by molar-refractivity contribution is -0.170. The standard InChI is InChI=1S/C29H42O3/c1-20(30)32-23-12-15-27(2)22(19-23)9-10-24-25(27)13-16-28(3)26(24)14-18-29(28,31)17-11-21-7-5-4-6-8-21/h4-8,22-26,31H,9-19H2,1-3H3/t22-,23+,24+,25+,26-,27-,28+,29-/m1/s1. The number of benzene rings is 1. The molecule has 4 aliphatic rings. The van der Waals surface area contributed by atoms with Crippen LogP contribution in [0.3, 0.4) is 0 Å². The van der Waals surface area contributed by atoms with Crippen LogP contribution in [-0.2, 0) is 16.0 Å². The van der Waals surface area contributed by atoms with Crippen molar-refractivity contribution in [1.82, 2.24) is 0 Å². The number of fused-ring (bicyclic) bond motifs is 5. The molecule has 0 amide bonds. The van der Waals surface area contributed by atoms with E-state index < -0.39 is 5.60 Å². The fourth-order valence-corrected chi connectivity index (χ4v) is 9.08. The van der Waals surface area contributed by atoms with Gasteiger partial charge >= 0.3 is 5.97 Å². The molecule has 0 spiro atoms. The largest absolute Gasteiger partial charge is 0.463 e. The minimum atomic E-state index is -0.525. The molecule has 3 heteroatoms. The van der Waals surface area contributed by atoms with E-state index in [1.807, 2.05) is 0 Å². The van der Waals surface area contributed by atoms with Crippen LogP contribution < -0.4 is 0 Å². The summed E-state index contributed by atoms with van der Waals surface area (Å²) in [5.74, 6) is 2.75. The molecule has 3 nitrogen and oxygen atoms in total. The number of carbonyl (C=O) groups excluding carboxylic acids is 1. The molecule has 1 aromatic carbocycles. The Bertz CT molecular complexity index is 836. The first-order valence-corrected chi connectivity index (χ1v) is 13.2. The Morgan fingerprint density at radius 2 is 1.75 bits per heavy atom. The third kappa shape index (κ3) is 3.54. The molecule has 0 unspecified atom stereocenters. The second-order valence-corrected chi connectivity index (χ2v) is 12.2. The highest BCUT2D eigenvalue weighted by atomic mass is 16.5. The number of carbonyl (C=O) groups is 1. The first kappa shape index (κ1) is 22.4. The molecule has 0 aromatic heterocycles. The molecular weight excluding hydrogens is 396 g/mol. The maximum absolute atomic E-state index is 12.0. The number of ether oxygens (including phenoxy) is 1. The molecule has 32 heavy (non-hydrogen) atoms. The van der Waals surface area contributed by atoms with E-state index in [-0.39, 0.29) is 17.5 Å². The van der Waals surface area contributed by atoms with Crippen molar-refractivity contribution in [1.29, 1.82) is 0 Å². The summed E-state index contributed by atoms with van der Waals surface area (Å²) in [4.78, 5) is 11.5. The highest BCUT2D eigenvalue weighted by Gasteiger charge is 2.64. The van der Waals surface area contributed by atoms with Gasteiger partial charge in [-0.25, -0.2) is 0 Å². The molecule has 4 saturated carbocycles. The van der Waals surface area contributed by atoms with Crippen molar-refractivity contribution in [2.45, 2.75) is 103 Å². The van der Waals surface area contributed by atoms with Crippen LogP contribution in [0.5, 0.6) is 0 Å². The molecule has 0 radical (unpaired) electrons. The van der Waals surface area contributed by atoms with Crippen LogP contribution in [0.25, 0.3) is 0 Å². The lowest BCUT2D eigenvalue weighted by Gasteiger charge is -2.61. The lowest BCUT2D eigenvalue weighted by Crippen LogP contribution is -2.57. The van der Waals surface area contributed by atoms with Crippen molar-refractivity contribution in [3.63, 3.8) is 0 Å². The molecule has 1 aromatic rings. The van der Waals surface area contributed by atoms with E-state index >= 15 is 0 Å². The maximum atomic E-state index is 12.0. The van der Waals surface area contributed by atoms with Crippen molar-refractivity contribution in [2.24, 2.45) is 34.5 Å². The number of esters is 1. The summed E-state index contributed by atoms with van der Waals surface area (Å²) in [7, 11) is 0. The third-order valence-corrected chi connectivity index (χ3v) is 10.9. The SMILES string of the molecule is CC(=O)O[C@H]1CC[C@]2(C)[C@H](CC[C@@H]3[C@H]4CC[C@](O)(CCc5ccccc5)[C@@]4(C)CC[C@@H]32)C1. The molecule has 0 saturated heterocycles. The predicted octanol–water partition coefficient (Wildman–Crippen LogP) is 6.32. The average molecular weight is 439 g/mol. The Balaban J connectivity index is 1.31. The van der Waals surface area contributed by atoms with Gasteiger partial charge in [0.2, 0.25) is 0 Å². The van der Waals surface area contributed by atoms with Gasteiger partial charge in [-0.2, -0.15) is 0 Å². The first-order chi connectivity index (χ1) is 15.3. The van der Waals surface area contributed by atoms with E-state index in [1.54, 1.807) is 6.92 Å². The van der Waals surface area contributed by atoms with Gasteiger partial charge in [-0.15, -0.1) is 0 Å². The topological polar surface area (TPSA) is 46.5 Å². The minimum Gasteiger partial charge on any atom is -0.463 e. The molecule has 8 atom stereocenters. The zero-order valence-corrected chi connectivity index (χ0v) is 20.3. The van der Waals surface area contributed by atoms with E-state index in [4.69, 9.17) is 4.74 Å². The van der Waals surface area contributed by atoms with Gasteiger partial charge in [-0.3, -0.25) is 4.79 Å². The quantitative estimate of drug-likeness (QED) is 0.559. The average Bonchev–Trinajstić information content (AvgIpc) is 3.04. The Hall–Kier alpha value is -1.35. The molecule has 0 bridgehead atoms. The Morgan fingerprint density at radius 1 is 1.00 bits per heavy atom. The summed E-state index contributed by atoms with van der Waals surface area (Å²) in [5.41, 5.74) is 1.26. The molecule has 4 fully saturated rings. The molecule has 1 N–H and O–H groups in total. The number of hydrogen-bond acceptors (Lipinski definition) is 3. The normalized spacial score (nSPS) is 45.4. The van der Waals surface area contributed by atoms with Gasteiger partial charge in [-0.05, 0) is 111 Å². The van der Waals surface area contributed by atoms with Gasteiger partial charge in [0.1, 0.15) is 6.10 Å². The van der Waals surface area contributed by atoms with Gasteiger partial charge in [0.05, 0.1) is 5.60 Å². The number of aliphatic hydroxyl groups is 1. The molecular formula is C29H42O3. The van der Waals surface area contributed by atoms with Crippen LogP contribution in [0.1, 0.15) is 90.5 Å². The molecule has 0 aliphatic heterocycles. The van der Waals surface area contributed by atoms with Crippen LogP contribution in [0.2, 0.25) is 0 Å². The second-order valence-electron chi connectivity index (χ2n) is 12.2. The van der Waals surface area contributed by atoms with Crippen molar-refractivity contribution in [3.05, 3.63) is 35.9 Å². The van der Waals surface area contributed by atoms with E-state index in [0.29, 0.717) is 17.3 Å².